The fraction of sp³-hybridized carbons (Fsp3) is 0.875. The molecular formula is C16H32N4O2. The molecule has 0 radical (unpaired) electrons. The zero-order valence-corrected chi connectivity index (χ0v) is 14.9. The Morgan fingerprint density at radius 3 is 1.91 bits per heavy atom. The Hall–Kier alpha value is -1.46. The number of nitrogens with one attached hydrogen (secondary N) is 3. The van der Waals surface area contributed by atoms with Gasteiger partial charge in [0.1, 0.15) is 0 Å². The van der Waals surface area contributed by atoms with Crippen molar-refractivity contribution in [1.29, 1.82) is 0 Å². The van der Waals surface area contributed by atoms with E-state index in [0.717, 1.165) is 25.9 Å². The van der Waals surface area contributed by atoms with Crippen LogP contribution in [0, 0.1) is 5.92 Å². The SMILES string of the molecule is CC(C)(C)NC(=O)NCC1CCN(C(=O)NC(C)(C)C)CC1. The second-order valence-electron chi connectivity index (χ2n) is 8.20. The molecule has 0 aliphatic carbocycles. The molecule has 6 nitrogen and oxygen atoms in total. The molecular weight excluding hydrogens is 280 g/mol. The first kappa shape index (κ1) is 18.6. The number of carbonyl (C=O) groups is 2. The van der Waals surface area contributed by atoms with E-state index in [1.807, 2.05) is 46.4 Å². The summed E-state index contributed by atoms with van der Waals surface area (Å²) < 4.78 is 0. The van der Waals surface area contributed by atoms with Crippen molar-refractivity contribution in [1.82, 2.24) is 20.9 Å². The highest BCUT2D eigenvalue weighted by Crippen LogP contribution is 2.17. The van der Waals surface area contributed by atoms with Crippen molar-refractivity contribution < 1.29 is 9.59 Å². The molecule has 3 N–H and O–H groups in total. The maximum absolute atomic E-state index is 12.1. The fourth-order valence-corrected chi connectivity index (χ4v) is 2.36. The third kappa shape index (κ3) is 7.52. The van der Waals surface area contributed by atoms with E-state index in [2.05, 4.69) is 16.0 Å². The van der Waals surface area contributed by atoms with Gasteiger partial charge in [0.05, 0.1) is 0 Å². The number of hydrogen-bond donors (Lipinski definition) is 3. The fourth-order valence-electron chi connectivity index (χ4n) is 2.36. The maximum atomic E-state index is 12.1. The van der Waals surface area contributed by atoms with Crippen LogP contribution in [0.5, 0.6) is 0 Å². The van der Waals surface area contributed by atoms with Crippen molar-refractivity contribution in [2.24, 2.45) is 5.92 Å². The minimum Gasteiger partial charge on any atom is -0.338 e. The van der Waals surface area contributed by atoms with E-state index in [9.17, 15) is 9.59 Å². The molecule has 1 aliphatic rings. The molecule has 0 aromatic rings. The number of piperidine rings is 1. The molecule has 6 heteroatoms. The van der Waals surface area contributed by atoms with Gasteiger partial charge in [-0.2, -0.15) is 0 Å². The number of urea groups is 2. The Bertz CT molecular complexity index is 388. The van der Waals surface area contributed by atoms with Crippen LogP contribution >= 0.6 is 0 Å². The molecule has 4 amide bonds. The zero-order valence-electron chi connectivity index (χ0n) is 14.9. The van der Waals surface area contributed by atoms with Crippen LogP contribution in [0.4, 0.5) is 9.59 Å². The highest BCUT2D eigenvalue weighted by molar-refractivity contribution is 5.75. The largest absolute Gasteiger partial charge is 0.338 e. The molecule has 1 aliphatic heterocycles. The van der Waals surface area contributed by atoms with Gasteiger partial charge in [0.15, 0.2) is 0 Å². The molecule has 0 atom stereocenters. The Morgan fingerprint density at radius 1 is 0.955 bits per heavy atom. The summed E-state index contributed by atoms with van der Waals surface area (Å²) >= 11 is 0. The van der Waals surface area contributed by atoms with Crippen molar-refractivity contribution in [2.45, 2.75) is 65.5 Å². The number of carbonyl (C=O) groups excluding carboxylic acids is 2. The number of amides is 4. The van der Waals surface area contributed by atoms with Crippen molar-refractivity contribution in [2.75, 3.05) is 19.6 Å². The third-order valence-corrected chi connectivity index (χ3v) is 3.42. The van der Waals surface area contributed by atoms with E-state index < -0.39 is 0 Å². The van der Waals surface area contributed by atoms with Gasteiger partial charge in [-0.15, -0.1) is 0 Å². The van der Waals surface area contributed by atoms with Crippen LogP contribution in [0.3, 0.4) is 0 Å². The molecule has 128 valence electrons. The zero-order chi connectivity index (χ0) is 17.0. The first-order valence-electron chi connectivity index (χ1n) is 8.09. The highest BCUT2D eigenvalue weighted by Gasteiger charge is 2.25. The van der Waals surface area contributed by atoms with Gasteiger partial charge in [-0.1, -0.05) is 0 Å². The molecule has 0 saturated carbocycles. The van der Waals surface area contributed by atoms with E-state index in [-0.39, 0.29) is 23.1 Å². The van der Waals surface area contributed by atoms with Crippen molar-refractivity contribution in [3.8, 4) is 0 Å². The first-order valence-corrected chi connectivity index (χ1v) is 8.09. The Morgan fingerprint density at radius 2 is 1.45 bits per heavy atom. The second-order valence-corrected chi connectivity index (χ2v) is 8.20. The average Bonchev–Trinajstić information content (AvgIpc) is 2.33. The van der Waals surface area contributed by atoms with Gasteiger partial charge in [0, 0.05) is 30.7 Å². The van der Waals surface area contributed by atoms with Crippen LogP contribution in [-0.4, -0.2) is 47.7 Å². The van der Waals surface area contributed by atoms with Gasteiger partial charge in [-0.25, -0.2) is 9.59 Å². The van der Waals surface area contributed by atoms with Crippen LogP contribution in [-0.2, 0) is 0 Å². The lowest BCUT2D eigenvalue weighted by Gasteiger charge is -2.34. The van der Waals surface area contributed by atoms with Crippen molar-refractivity contribution in [3.63, 3.8) is 0 Å². The van der Waals surface area contributed by atoms with Crippen molar-refractivity contribution >= 4 is 12.1 Å². The molecule has 0 spiro atoms. The highest BCUT2D eigenvalue weighted by atomic mass is 16.2. The standard InChI is InChI=1S/C16H32N4O2/c1-15(2,3)18-13(21)17-11-12-7-9-20(10-8-12)14(22)19-16(4,5)6/h12H,7-11H2,1-6H3,(H,19,22)(H2,17,18,21). The molecule has 0 aromatic carbocycles. The molecule has 1 heterocycles. The van der Waals surface area contributed by atoms with Gasteiger partial charge in [0.25, 0.3) is 0 Å². The summed E-state index contributed by atoms with van der Waals surface area (Å²) in [5.41, 5.74) is -0.432. The van der Waals surface area contributed by atoms with Crippen LogP contribution in [0.25, 0.3) is 0 Å². The van der Waals surface area contributed by atoms with Gasteiger partial charge in [0.2, 0.25) is 0 Å². The van der Waals surface area contributed by atoms with Gasteiger partial charge >= 0.3 is 12.1 Å². The Labute approximate surface area is 134 Å². The maximum Gasteiger partial charge on any atom is 0.317 e. The van der Waals surface area contributed by atoms with E-state index in [1.54, 1.807) is 0 Å². The summed E-state index contributed by atoms with van der Waals surface area (Å²) in [5, 5.41) is 8.80. The monoisotopic (exact) mass is 312 g/mol. The van der Waals surface area contributed by atoms with Gasteiger partial charge in [-0.3, -0.25) is 0 Å². The predicted octanol–water partition coefficient (Wildman–Crippen LogP) is 2.30. The summed E-state index contributed by atoms with van der Waals surface area (Å²) in [4.78, 5) is 25.7. The summed E-state index contributed by atoms with van der Waals surface area (Å²) in [5.74, 6) is 0.435. The lowest BCUT2D eigenvalue weighted by Crippen LogP contribution is -2.52. The molecule has 1 rings (SSSR count). The summed E-state index contributed by atoms with van der Waals surface area (Å²) in [6.07, 6.45) is 1.85. The number of hydrogen-bond acceptors (Lipinski definition) is 2. The molecule has 1 fully saturated rings. The molecule has 22 heavy (non-hydrogen) atoms. The lowest BCUT2D eigenvalue weighted by molar-refractivity contribution is 0.162. The van der Waals surface area contributed by atoms with E-state index >= 15 is 0 Å². The Kier molecular flexibility index (Phi) is 6.08. The van der Waals surface area contributed by atoms with Crippen molar-refractivity contribution in [3.05, 3.63) is 0 Å². The van der Waals surface area contributed by atoms with E-state index in [1.165, 1.54) is 0 Å². The molecule has 1 saturated heterocycles. The third-order valence-electron chi connectivity index (χ3n) is 3.42. The topological polar surface area (TPSA) is 73.5 Å². The summed E-state index contributed by atoms with van der Waals surface area (Å²) in [6, 6.07) is -0.121. The van der Waals surface area contributed by atoms with E-state index in [0.29, 0.717) is 12.5 Å². The summed E-state index contributed by atoms with van der Waals surface area (Å²) in [6.45, 7) is 14.0. The number of nitrogens with zero attached hydrogens (tertiary/aromatic N) is 1. The lowest BCUT2D eigenvalue weighted by atomic mass is 9.97. The van der Waals surface area contributed by atoms with Crippen LogP contribution in [0.2, 0.25) is 0 Å². The van der Waals surface area contributed by atoms with Crippen LogP contribution in [0.1, 0.15) is 54.4 Å². The van der Waals surface area contributed by atoms with Crippen LogP contribution < -0.4 is 16.0 Å². The number of likely N-dealkylation sites (tertiary alicyclic amines) is 1. The normalized spacial score (nSPS) is 17.1. The smallest absolute Gasteiger partial charge is 0.317 e. The minimum absolute atomic E-state index is 0.00406. The number of rotatable bonds is 2. The first-order chi connectivity index (χ1) is 9.96. The van der Waals surface area contributed by atoms with E-state index in [4.69, 9.17) is 0 Å². The summed E-state index contributed by atoms with van der Waals surface area (Å²) in [7, 11) is 0. The second kappa shape index (κ2) is 7.20. The molecule has 0 bridgehead atoms. The van der Waals surface area contributed by atoms with Gasteiger partial charge in [-0.05, 0) is 60.3 Å². The Balaban J connectivity index is 2.28. The quantitative estimate of drug-likeness (QED) is 0.732. The predicted molar refractivity (Wildman–Crippen MR) is 88.9 cm³/mol. The van der Waals surface area contributed by atoms with Gasteiger partial charge < -0.3 is 20.9 Å². The van der Waals surface area contributed by atoms with Crippen LogP contribution in [0.15, 0.2) is 0 Å². The molecule has 0 unspecified atom stereocenters. The molecule has 0 aromatic heterocycles. The minimum atomic E-state index is -0.224. The average molecular weight is 312 g/mol.